The number of hydrogen-bond donors (Lipinski definition) is 0. The molecule has 0 unspecified atom stereocenters. The molecule has 30 heavy (non-hydrogen) atoms. The lowest BCUT2D eigenvalue weighted by molar-refractivity contribution is -0.132. The maximum atomic E-state index is 12.9. The van der Waals surface area contributed by atoms with Crippen LogP contribution in [0, 0.1) is 0 Å². The number of hydrogen-bond acceptors (Lipinski definition) is 6. The van der Waals surface area contributed by atoms with Crippen LogP contribution in [0.1, 0.15) is 38.6 Å². The Morgan fingerprint density at radius 3 is 2.63 bits per heavy atom. The Kier molecular flexibility index (Phi) is 6.85. The van der Waals surface area contributed by atoms with Crippen LogP contribution in [-0.4, -0.2) is 68.4 Å². The number of amides is 1. The van der Waals surface area contributed by atoms with Crippen LogP contribution in [0.4, 0.5) is 0 Å². The molecule has 1 aromatic carbocycles. The minimum Gasteiger partial charge on any atom is -0.484 e. The van der Waals surface area contributed by atoms with Crippen molar-refractivity contribution in [3.05, 3.63) is 35.1 Å². The van der Waals surface area contributed by atoms with Crippen LogP contribution >= 0.6 is 23.4 Å². The van der Waals surface area contributed by atoms with Gasteiger partial charge in [-0.1, -0.05) is 42.4 Å². The quantitative estimate of drug-likeness (QED) is 0.575. The van der Waals surface area contributed by atoms with Crippen LogP contribution in [0.25, 0.3) is 0 Å². The number of piperazine rings is 1. The first-order valence-corrected chi connectivity index (χ1v) is 11.8. The average molecular weight is 450 g/mol. The summed E-state index contributed by atoms with van der Waals surface area (Å²) in [6.45, 7) is 8.94. The highest BCUT2D eigenvalue weighted by atomic mass is 35.5. The van der Waals surface area contributed by atoms with Crippen molar-refractivity contribution >= 4 is 29.3 Å². The Hall–Kier alpha value is -1.77. The fourth-order valence-electron chi connectivity index (χ4n) is 3.64. The fourth-order valence-corrected chi connectivity index (χ4v) is 4.85. The zero-order chi connectivity index (χ0) is 21.1. The molecule has 2 fully saturated rings. The van der Waals surface area contributed by atoms with Crippen molar-refractivity contribution in [2.75, 3.05) is 32.7 Å². The number of rotatable bonds is 8. The summed E-state index contributed by atoms with van der Waals surface area (Å²) in [7, 11) is 0. The van der Waals surface area contributed by atoms with Crippen molar-refractivity contribution in [2.24, 2.45) is 0 Å². The highest BCUT2D eigenvalue weighted by Crippen LogP contribution is 2.40. The summed E-state index contributed by atoms with van der Waals surface area (Å²) < 4.78 is 8.02. The zero-order valence-corrected chi connectivity index (χ0v) is 19.0. The molecule has 1 saturated carbocycles. The van der Waals surface area contributed by atoms with Gasteiger partial charge in [0.15, 0.2) is 11.0 Å². The summed E-state index contributed by atoms with van der Waals surface area (Å²) >= 11 is 7.68. The third-order valence-electron chi connectivity index (χ3n) is 5.60. The third kappa shape index (κ3) is 4.92. The lowest BCUT2D eigenvalue weighted by atomic mass is 10.3. The first-order valence-electron chi connectivity index (χ1n) is 10.6. The van der Waals surface area contributed by atoms with E-state index in [1.54, 1.807) is 6.07 Å². The molecule has 1 aliphatic carbocycles. The van der Waals surface area contributed by atoms with E-state index in [1.807, 2.05) is 30.0 Å². The van der Waals surface area contributed by atoms with Gasteiger partial charge in [-0.15, -0.1) is 10.2 Å². The molecule has 1 aromatic heterocycles. The second-order valence-corrected chi connectivity index (χ2v) is 9.45. The van der Waals surface area contributed by atoms with E-state index in [2.05, 4.69) is 26.6 Å². The van der Waals surface area contributed by atoms with Crippen molar-refractivity contribution < 1.29 is 9.53 Å². The number of ether oxygens (including phenoxy) is 1. The molecule has 0 N–H and O–H groups in total. The molecule has 2 aliphatic rings. The second kappa shape index (κ2) is 9.58. The number of benzene rings is 1. The normalized spacial score (nSPS) is 18.4. The second-order valence-electron chi connectivity index (χ2n) is 7.74. The molecule has 7 nitrogen and oxygen atoms in total. The number of aromatic nitrogens is 3. The lowest BCUT2D eigenvalue weighted by Crippen LogP contribution is -2.50. The summed E-state index contributed by atoms with van der Waals surface area (Å²) in [5, 5.41) is 9.92. The average Bonchev–Trinajstić information content (AvgIpc) is 3.53. The maximum Gasteiger partial charge on any atom is 0.235 e. The summed E-state index contributed by atoms with van der Waals surface area (Å²) in [6, 6.07) is 7.80. The van der Waals surface area contributed by atoms with Gasteiger partial charge >= 0.3 is 0 Å². The molecule has 1 aliphatic heterocycles. The van der Waals surface area contributed by atoms with E-state index < -0.39 is 0 Å². The van der Waals surface area contributed by atoms with Crippen LogP contribution in [0.15, 0.2) is 29.4 Å². The van der Waals surface area contributed by atoms with Crippen LogP contribution in [0.5, 0.6) is 5.75 Å². The van der Waals surface area contributed by atoms with Crippen molar-refractivity contribution in [3.63, 3.8) is 0 Å². The number of thioether (sulfide) groups is 1. The highest BCUT2D eigenvalue weighted by molar-refractivity contribution is 8.00. The van der Waals surface area contributed by atoms with E-state index in [4.69, 9.17) is 16.3 Å². The van der Waals surface area contributed by atoms with Crippen molar-refractivity contribution in [1.82, 2.24) is 24.6 Å². The number of likely N-dealkylation sites (N-methyl/N-ethyl adjacent to an activating group) is 1. The standard InChI is InChI=1S/C21H28ClN5O2S/c1-3-25-10-12-26(13-11-25)20(28)15(2)30-21-24-23-19(27(21)16-8-9-16)14-29-18-7-5-4-6-17(18)22/h4-7,15-16H,3,8-14H2,1-2H3/t15-/m1/s1. The third-order valence-corrected chi connectivity index (χ3v) is 6.96. The minimum atomic E-state index is -0.197. The Morgan fingerprint density at radius 1 is 1.23 bits per heavy atom. The largest absolute Gasteiger partial charge is 0.484 e. The van der Waals surface area contributed by atoms with Crippen molar-refractivity contribution in [2.45, 2.75) is 49.7 Å². The monoisotopic (exact) mass is 449 g/mol. The Morgan fingerprint density at radius 2 is 1.97 bits per heavy atom. The van der Waals surface area contributed by atoms with Gasteiger partial charge in [0.2, 0.25) is 5.91 Å². The Labute approximate surface area is 186 Å². The predicted octanol–water partition coefficient (Wildman–Crippen LogP) is 3.49. The van der Waals surface area contributed by atoms with Gasteiger partial charge in [0.05, 0.1) is 10.3 Å². The van der Waals surface area contributed by atoms with E-state index in [0.717, 1.165) is 56.5 Å². The molecule has 2 heterocycles. The van der Waals surface area contributed by atoms with Gasteiger partial charge in [-0.25, -0.2) is 0 Å². The first-order chi connectivity index (χ1) is 14.6. The van der Waals surface area contributed by atoms with Gasteiger partial charge in [0.25, 0.3) is 0 Å². The maximum absolute atomic E-state index is 12.9. The summed E-state index contributed by atoms with van der Waals surface area (Å²) in [6.07, 6.45) is 2.21. The molecule has 1 amide bonds. The van der Waals surface area contributed by atoms with Gasteiger partial charge in [-0.05, 0) is 38.4 Å². The van der Waals surface area contributed by atoms with E-state index >= 15 is 0 Å². The summed E-state index contributed by atoms with van der Waals surface area (Å²) in [5.74, 6) is 1.58. The first kappa shape index (κ1) is 21.5. The number of nitrogens with zero attached hydrogens (tertiary/aromatic N) is 5. The zero-order valence-electron chi connectivity index (χ0n) is 17.5. The van der Waals surface area contributed by atoms with E-state index in [1.165, 1.54) is 11.8 Å². The molecule has 2 aromatic rings. The van der Waals surface area contributed by atoms with Gasteiger partial charge in [0, 0.05) is 32.2 Å². The van der Waals surface area contributed by atoms with Gasteiger partial charge < -0.3 is 14.5 Å². The van der Waals surface area contributed by atoms with Gasteiger partial charge in [-0.2, -0.15) is 0 Å². The molecule has 9 heteroatoms. The number of para-hydroxylation sites is 1. The molecule has 4 rings (SSSR count). The molecule has 0 radical (unpaired) electrons. The predicted molar refractivity (Wildman–Crippen MR) is 118 cm³/mol. The van der Waals surface area contributed by atoms with E-state index in [-0.39, 0.29) is 11.2 Å². The topological polar surface area (TPSA) is 63.5 Å². The van der Waals surface area contributed by atoms with Crippen molar-refractivity contribution in [1.29, 1.82) is 0 Å². The number of halogens is 1. The van der Waals surface area contributed by atoms with E-state index in [0.29, 0.717) is 23.4 Å². The smallest absolute Gasteiger partial charge is 0.235 e. The molecular weight excluding hydrogens is 422 g/mol. The summed E-state index contributed by atoms with van der Waals surface area (Å²) in [5.41, 5.74) is 0. The van der Waals surface area contributed by atoms with E-state index in [9.17, 15) is 4.79 Å². The molecule has 162 valence electrons. The van der Waals surface area contributed by atoms with Crippen LogP contribution in [-0.2, 0) is 11.4 Å². The van der Waals surface area contributed by atoms with Crippen LogP contribution < -0.4 is 4.74 Å². The molecule has 0 bridgehead atoms. The minimum absolute atomic E-state index is 0.176. The van der Waals surface area contributed by atoms with Gasteiger partial charge in [-0.3, -0.25) is 9.36 Å². The molecule has 1 atom stereocenters. The highest BCUT2D eigenvalue weighted by Gasteiger charge is 2.32. The molecular formula is C21H28ClN5O2S. The van der Waals surface area contributed by atoms with Crippen LogP contribution in [0.3, 0.4) is 0 Å². The Bertz CT molecular complexity index is 880. The molecule has 1 saturated heterocycles. The van der Waals surface area contributed by atoms with Crippen molar-refractivity contribution in [3.8, 4) is 5.75 Å². The lowest BCUT2D eigenvalue weighted by Gasteiger charge is -2.35. The fraction of sp³-hybridized carbons (Fsp3) is 0.571. The Balaban J connectivity index is 1.40. The van der Waals surface area contributed by atoms with Crippen LogP contribution in [0.2, 0.25) is 5.02 Å². The number of carbonyl (C=O) groups excluding carboxylic acids is 1. The summed E-state index contributed by atoms with van der Waals surface area (Å²) in [4.78, 5) is 17.3. The van der Waals surface area contributed by atoms with Gasteiger partial charge in [0.1, 0.15) is 12.4 Å². The molecule has 0 spiro atoms. The SMILES string of the molecule is CCN1CCN(C(=O)[C@@H](C)Sc2nnc(COc3ccccc3Cl)n2C2CC2)CC1. The number of carbonyl (C=O) groups is 1.